The van der Waals surface area contributed by atoms with Gasteiger partial charge in [-0.2, -0.15) is 0 Å². The molecule has 0 aliphatic carbocycles. The number of hydrogen-bond donors (Lipinski definition) is 1. The highest BCUT2D eigenvalue weighted by Crippen LogP contribution is 2.38. The van der Waals surface area contributed by atoms with Gasteiger partial charge in [-0.3, -0.25) is 0 Å². The van der Waals surface area contributed by atoms with E-state index in [-0.39, 0.29) is 6.04 Å². The van der Waals surface area contributed by atoms with Gasteiger partial charge in [0.2, 0.25) is 0 Å². The summed E-state index contributed by atoms with van der Waals surface area (Å²) in [6, 6.07) is 10.1. The molecule has 0 bridgehead atoms. The third-order valence-corrected chi connectivity index (χ3v) is 4.85. The van der Waals surface area contributed by atoms with E-state index in [0.29, 0.717) is 36.3 Å². The van der Waals surface area contributed by atoms with Gasteiger partial charge >= 0.3 is 0 Å². The largest absolute Gasteiger partial charge is 0.496 e. The van der Waals surface area contributed by atoms with Gasteiger partial charge in [-0.05, 0) is 58.2 Å². The molecule has 6 heteroatoms. The van der Waals surface area contributed by atoms with Gasteiger partial charge in [-0.1, -0.05) is 17.7 Å². The molecule has 0 saturated carbocycles. The third kappa shape index (κ3) is 3.79. The van der Waals surface area contributed by atoms with E-state index in [4.69, 9.17) is 25.8 Å². The van der Waals surface area contributed by atoms with Gasteiger partial charge in [0, 0.05) is 12.6 Å². The summed E-state index contributed by atoms with van der Waals surface area (Å²) in [5, 5.41) is 4.08. The molecule has 0 radical (unpaired) electrons. The fraction of sp³-hybridized carbons (Fsp3) is 0.333. The molecule has 1 N–H and O–H groups in total. The first kappa shape index (κ1) is 17.4. The first-order chi connectivity index (χ1) is 11.6. The molecule has 2 aromatic rings. The predicted molar refractivity (Wildman–Crippen MR) is 98.4 cm³/mol. The van der Waals surface area contributed by atoms with Crippen LogP contribution in [0.5, 0.6) is 17.2 Å². The highest BCUT2D eigenvalue weighted by Gasteiger charge is 2.17. The molecule has 3 rings (SSSR count). The summed E-state index contributed by atoms with van der Waals surface area (Å²) in [6.45, 7) is 3.89. The van der Waals surface area contributed by atoms with E-state index in [1.807, 2.05) is 18.2 Å². The summed E-state index contributed by atoms with van der Waals surface area (Å²) >= 11 is 9.80. The molecular formula is C18H19BrClNO3. The first-order valence-electron chi connectivity index (χ1n) is 7.73. The van der Waals surface area contributed by atoms with E-state index in [1.54, 1.807) is 7.11 Å². The second-order valence-corrected chi connectivity index (χ2v) is 6.86. The van der Waals surface area contributed by atoms with Crippen molar-refractivity contribution in [1.29, 1.82) is 0 Å². The molecular weight excluding hydrogens is 394 g/mol. The van der Waals surface area contributed by atoms with Crippen LogP contribution >= 0.6 is 27.5 Å². The summed E-state index contributed by atoms with van der Waals surface area (Å²) in [5.41, 5.74) is 2.23. The normalized spacial score (nSPS) is 14.3. The van der Waals surface area contributed by atoms with E-state index in [2.05, 4.69) is 40.3 Å². The minimum Gasteiger partial charge on any atom is -0.496 e. The van der Waals surface area contributed by atoms with Crippen LogP contribution in [0.1, 0.15) is 24.1 Å². The maximum absolute atomic E-state index is 6.28. The van der Waals surface area contributed by atoms with Gasteiger partial charge in [0.1, 0.15) is 19.0 Å². The summed E-state index contributed by atoms with van der Waals surface area (Å²) in [4.78, 5) is 0. The second-order valence-electron chi connectivity index (χ2n) is 5.60. The Morgan fingerprint density at radius 3 is 2.79 bits per heavy atom. The third-order valence-electron chi connectivity index (χ3n) is 3.94. The average Bonchev–Trinajstić information content (AvgIpc) is 2.59. The van der Waals surface area contributed by atoms with Gasteiger partial charge in [-0.25, -0.2) is 0 Å². The number of benzene rings is 2. The van der Waals surface area contributed by atoms with Gasteiger partial charge in [0.05, 0.1) is 16.6 Å². The standard InChI is InChI=1S/C18H19BrClNO3/c1-11(13-3-4-16(22-2)14(19)9-13)21-10-12-7-15(20)18-17(8-12)23-5-6-24-18/h3-4,7-9,11,21H,5-6,10H2,1-2H3/t11-/m0/s1. The number of nitrogens with one attached hydrogen (secondary N) is 1. The lowest BCUT2D eigenvalue weighted by Crippen LogP contribution is -2.19. The van der Waals surface area contributed by atoms with Crippen LogP contribution < -0.4 is 19.5 Å². The van der Waals surface area contributed by atoms with Crippen LogP contribution in [-0.2, 0) is 6.54 Å². The van der Waals surface area contributed by atoms with Crippen molar-refractivity contribution in [3.05, 3.63) is 51.0 Å². The Kier molecular flexibility index (Phi) is 5.54. The van der Waals surface area contributed by atoms with Crippen molar-refractivity contribution in [2.75, 3.05) is 20.3 Å². The lowest BCUT2D eigenvalue weighted by Gasteiger charge is -2.21. The molecule has 2 aromatic carbocycles. The van der Waals surface area contributed by atoms with E-state index < -0.39 is 0 Å². The molecule has 4 nitrogen and oxygen atoms in total. The van der Waals surface area contributed by atoms with Crippen molar-refractivity contribution in [3.63, 3.8) is 0 Å². The summed E-state index contributed by atoms with van der Waals surface area (Å²) in [5.74, 6) is 2.17. The topological polar surface area (TPSA) is 39.7 Å². The van der Waals surface area contributed by atoms with Crippen LogP contribution in [0.2, 0.25) is 5.02 Å². The highest BCUT2D eigenvalue weighted by atomic mass is 79.9. The molecule has 0 spiro atoms. The maximum Gasteiger partial charge on any atom is 0.179 e. The zero-order chi connectivity index (χ0) is 17.1. The predicted octanol–water partition coefficient (Wildman–Crippen LogP) is 4.73. The van der Waals surface area contributed by atoms with Crippen LogP contribution in [0, 0.1) is 0 Å². The van der Waals surface area contributed by atoms with Gasteiger partial charge in [-0.15, -0.1) is 0 Å². The molecule has 1 aliphatic rings. The van der Waals surface area contributed by atoms with Crippen molar-refractivity contribution in [2.45, 2.75) is 19.5 Å². The number of hydrogen-bond acceptors (Lipinski definition) is 4. The molecule has 0 amide bonds. The van der Waals surface area contributed by atoms with Crippen LogP contribution in [-0.4, -0.2) is 20.3 Å². The van der Waals surface area contributed by atoms with Crippen LogP contribution in [0.4, 0.5) is 0 Å². The molecule has 0 fully saturated rings. The molecule has 0 aromatic heterocycles. The molecule has 0 unspecified atom stereocenters. The van der Waals surface area contributed by atoms with Gasteiger partial charge in [0.15, 0.2) is 11.5 Å². The number of ether oxygens (including phenoxy) is 3. The molecule has 24 heavy (non-hydrogen) atoms. The first-order valence-corrected chi connectivity index (χ1v) is 8.90. The fourth-order valence-corrected chi connectivity index (χ4v) is 3.45. The zero-order valence-corrected chi connectivity index (χ0v) is 15.9. The second kappa shape index (κ2) is 7.64. The molecule has 0 saturated heterocycles. The average molecular weight is 413 g/mol. The number of rotatable bonds is 5. The Balaban J connectivity index is 1.69. The Labute approximate surface area is 155 Å². The molecule has 1 heterocycles. The van der Waals surface area contributed by atoms with Crippen molar-refractivity contribution in [1.82, 2.24) is 5.32 Å². The number of halogens is 2. The lowest BCUT2D eigenvalue weighted by atomic mass is 10.1. The zero-order valence-electron chi connectivity index (χ0n) is 13.6. The Bertz CT molecular complexity index is 738. The Hall–Kier alpha value is -1.43. The van der Waals surface area contributed by atoms with E-state index >= 15 is 0 Å². The quantitative estimate of drug-likeness (QED) is 0.770. The van der Waals surface area contributed by atoms with Crippen molar-refractivity contribution in [3.8, 4) is 17.2 Å². The van der Waals surface area contributed by atoms with Gasteiger partial charge < -0.3 is 19.5 Å². The van der Waals surface area contributed by atoms with Gasteiger partial charge in [0.25, 0.3) is 0 Å². The Morgan fingerprint density at radius 2 is 2.04 bits per heavy atom. The van der Waals surface area contributed by atoms with Crippen LogP contribution in [0.15, 0.2) is 34.8 Å². The number of methoxy groups -OCH3 is 1. The summed E-state index contributed by atoms with van der Waals surface area (Å²) < 4.78 is 17.4. The highest BCUT2D eigenvalue weighted by molar-refractivity contribution is 9.10. The maximum atomic E-state index is 6.28. The lowest BCUT2D eigenvalue weighted by molar-refractivity contribution is 0.171. The minimum absolute atomic E-state index is 0.180. The Morgan fingerprint density at radius 1 is 1.25 bits per heavy atom. The SMILES string of the molecule is COc1ccc([C@H](C)NCc2cc(Cl)c3c(c2)OCCO3)cc1Br. The molecule has 1 atom stereocenters. The van der Waals surface area contributed by atoms with Crippen LogP contribution in [0.25, 0.3) is 0 Å². The van der Waals surface area contributed by atoms with E-state index in [9.17, 15) is 0 Å². The van der Waals surface area contributed by atoms with E-state index in [1.165, 1.54) is 5.56 Å². The van der Waals surface area contributed by atoms with Crippen molar-refractivity contribution < 1.29 is 14.2 Å². The van der Waals surface area contributed by atoms with Crippen molar-refractivity contribution in [2.24, 2.45) is 0 Å². The van der Waals surface area contributed by atoms with Crippen LogP contribution in [0.3, 0.4) is 0 Å². The summed E-state index contributed by atoms with van der Waals surface area (Å²) in [6.07, 6.45) is 0. The van der Waals surface area contributed by atoms with E-state index in [0.717, 1.165) is 15.8 Å². The fourth-order valence-electron chi connectivity index (χ4n) is 2.61. The van der Waals surface area contributed by atoms with Crippen molar-refractivity contribution >= 4 is 27.5 Å². The number of fused-ring (bicyclic) bond motifs is 1. The summed E-state index contributed by atoms with van der Waals surface area (Å²) in [7, 11) is 1.66. The molecule has 1 aliphatic heterocycles. The minimum atomic E-state index is 0.180. The monoisotopic (exact) mass is 411 g/mol. The smallest absolute Gasteiger partial charge is 0.179 e. The molecule has 128 valence electrons.